The molecule has 23 heavy (non-hydrogen) atoms. The number of ether oxygens (including phenoxy) is 1. The Kier molecular flexibility index (Phi) is 5.32. The lowest BCUT2D eigenvalue weighted by Crippen LogP contribution is -2.30. The summed E-state index contributed by atoms with van der Waals surface area (Å²) in [4.78, 5) is 16.9. The highest BCUT2D eigenvalue weighted by Crippen LogP contribution is 2.14. The zero-order valence-corrected chi connectivity index (χ0v) is 14.1. The normalized spacial score (nSPS) is 12.3. The van der Waals surface area contributed by atoms with Gasteiger partial charge in [0.2, 0.25) is 0 Å². The third-order valence-corrected chi connectivity index (χ3v) is 3.17. The highest BCUT2D eigenvalue weighted by molar-refractivity contribution is 6.13. The molecule has 0 N–H and O–H groups in total. The van der Waals surface area contributed by atoms with Crippen LogP contribution in [0, 0.1) is 0 Å². The van der Waals surface area contributed by atoms with Crippen LogP contribution in [0.15, 0.2) is 65.7 Å². The Labute approximate surface area is 138 Å². The molecule has 0 bridgehead atoms. The van der Waals surface area contributed by atoms with Crippen molar-refractivity contribution >= 4 is 11.7 Å². The van der Waals surface area contributed by atoms with Gasteiger partial charge in [0.05, 0.1) is 5.71 Å². The van der Waals surface area contributed by atoms with E-state index in [9.17, 15) is 4.79 Å². The van der Waals surface area contributed by atoms with Crippen molar-refractivity contribution in [3.63, 3.8) is 0 Å². The summed E-state index contributed by atoms with van der Waals surface area (Å²) in [6, 6.07) is 19.2. The van der Waals surface area contributed by atoms with Crippen LogP contribution in [-0.2, 0) is 9.53 Å². The molecule has 2 rings (SSSR count). The first kappa shape index (κ1) is 16.9. The van der Waals surface area contributed by atoms with Gasteiger partial charge in [0.1, 0.15) is 11.6 Å². The quantitative estimate of drug-likeness (QED) is 0.625. The molecule has 0 aliphatic carbocycles. The first-order chi connectivity index (χ1) is 10.9. The Hall–Kier alpha value is -2.42. The average molecular weight is 309 g/mol. The van der Waals surface area contributed by atoms with Crippen LogP contribution in [0.5, 0.6) is 0 Å². The second-order valence-electron chi connectivity index (χ2n) is 6.42. The molecule has 0 spiro atoms. The predicted octanol–water partition coefficient (Wildman–Crippen LogP) is 4.25. The molecule has 3 heteroatoms. The molecule has 3 nitrogen and oxygen atoms in total. The Morgan fingerprint density at radius 3 is 1.74 bits per heavy atom. The predicted molar refractivity (Wildman–Crippen MR) is 93.8 cm³/mol. The van der Waals surface area contributed by atoms with Gasteiger partial charge in [-0.25, -0.2) is 4.79 Å². The largest absolute Gasteiger partial charge is 0.458 e. The summed E-state index contributed by atoms with van der Waals surface area (Å²) in [6.07, 6.45) is 0. The number of esters is 1. The van der Waals surface area contributed by atoms with Crippen LogP contribution >= 0.6 is 0 Å². The topological polar surface area (TPSA) is 38.7 Å². The van der Waals surface area contributed by atoms with Crippen LogP contribution in [0.2, 0.25) is 0 Å². The molecule has 0 aliphatic heterocycles. The van der Waals surface area contributed by atoms with Gasteiger partial charge in [-0.05, 0) is 27.7 Å². The third-order valence-electron chi connectivity index (χ3n) is 3.17. The zero-order valence-electron chi connectivity index (χ0n) is 14.1. The van der Waals surface area contributed by atoms with Gasteiger partial charge in [0.25, 0.3) is 0 Å². The Morgan fingerprint density at radius 2 is 1.35 bits per heavy atom. The lowest BCUT2D eigenvalue weighted by molar-refractivity contribution is -0.155. The van der Waals surface area contributed by atoms with E-state index in [2.05, 4.69) is 4.99 Å². The molecule has 2 aromatic carbocycles. The molecule has 120 valence electrons. The molecular weight excluding hydrogens is 286 g/mol. The van der Waals surface area contributed by atoms with E-state index in [4.69, 9.17) is 4.74 Å². The molecule has 1 atom stereocenters. The minimum Gasteiger partial charge on any atom is -0.458 e. The standard InChI is InChI=1S/C20H23NO2/c1-15(19(22)23-20(2,3)4)21-18(16-11-7-5-8-12-16)17-13-9-6-10-14-17/h5-15H,1-4H3/t15-/m0/s1. The summed E-state index contributed by atoms with van der Waals surface area (Å²) >= 11 is 0. The van der Waals surface area contributed by atoms with Gasteiger partial charge >= 0.3 is 5.97 Å². The maximum atomic E-state index is 12.2. The van der Waals surface area contributed by atoms with Crippen LogP contribution in [0.1, 0.15) is 38.8 Å². The Bertz CT molecular complexity index is 628. The molecule has 0 heterocycles. The van der Waals surface area contributed by atoms with Gasteiger partial charge in [0.15, 0.2) is 0 Å². The van der Waals surface area contributed by atoms with Gasteiger partial charge < -0.3 is 4.74 Å². The highest BCUT2D eigenvalue weighted by Gasteiger charge is 2.22. The van der Waals surface area contributed by atoms with Crippen LogP contribution in [0.4, 0.5) is 0 Å². The van der Waals surface area contributed by atoms with Crippen LogP contribution in [0.3, 0.4) is 0 Å². The van der Waals surface area contributed by atoms with Crippen LogP contribution in [0.25, 0.3) is 0 Å². The van der Waals surface area contributed by atoms with Crippen molar-refractivity contribution < 1.29 is 9.53 Å². The summed E-state index contributed by atoms with van der Waals surface area (Å²) in [6.45, 7) is 7.34. The summed E-state index contributed by atoms with van der Waals surface area (Å²) in [5, 5.41) is 0. The van der Waals surface area contributed by atoms with Crippen molar-refractivity contribution in [2.75, 3.05) is 0 Å². The van der Waals surface area contributed by atoms with Crippen molar-refractivity contribution in [2.24, 2.45) is 4.99 Å². The smallest absolute Gasteiger partial charge is 0.331 e. The minimum atomic E-state index is -0.565. The van der Waals surface area contributed by atoms with E-state index in [-0.39, 0.29) is 5.97 Å². The Balaban J connectivity index is 2.36. The van der Waals surface area contributed by atoms with E-state index in [1.807, 2.05) is 81.4 Å². The van der Waals surface area contributed by atoms with Crippen molar-refractivity contribution in [3.05, 3.63) is 71.8 Å². The lowest BCUT2D eigenvalue weighted by Gasteiger charge is -2.21. The number of rotatable bonds is 4. The molecule has 0 radical (unpaired) electrons. The molecule has 0 saturated carbocycles. The van der Waals surface area contributed by atoms with Crippen molar-refractivity contribution in [1.82, 2.24) is 0 Å². The second-order valence-corrected chi connectivity index (χ2v) is 6.42. The highest BCUT2D eigenvalue weighted by atomic mass is 16.6. The summed E-state index contributed by atoms with van der Waals surface area (Å²) in [5.74, 6) is -0.318. The Morgan fingerprint density at radius 1 is 0.913 bits per heavy atom. The number of carbonyl (C=O) groups is 1. The average Bonchev–Trinajstić information content (AvgIpc) is 2.52. The van der Waals surface area contributed by atoms with E-state index in [1.54, 1.807) is 6.92 Å². The molecule has 0 saturated heterocycles. The van der Waals surface area contributed by atoms with Gasteiger partial charge in [-0.15, -0.1) is 0 Å². The SMILES string of the molecule is C[C@H](N=C(c1ccccc1)c1ccccc1)C(=O)OC(C)(C)C. The molecule has 0 amide bonds. The lowest BCUT2D eigenvalue weighted by atomic mass is 10.0. The van der Waals surface area contributed by atoms with Crippen LogP contribution in [-0.4, -0.2) is 23.3 Å². The first-order valence-electron chi connectivity index (χ1n) is 7.78. The summed E-state index contributed by atoms with van der Waals surface area (Å²) in [7, 11) is 0. The number of hydrogen-bond acceptors (Lipinski definition) is 3. The maximum absolute atomic E-state index is 12.2. The van der Waals surface area contributed by atoms with E-state index in [1.165, 1.54) is 0 Å². The van der Waals surface area contributed by atoms with E-state index < -0.39 is 11.6 Å². The number of benzene rings is 2. The van der Waals surface area contributed by atoms with E-state index in [0.29, 0.717) is 0 Å². The van der Waals surface area contributed by atoms with Gasteiger partial charge in [-0.3, -0.25) is 4.99 Å². The van der Waals surface area contributed by atoms with Gasteiger partial charge in [0, 0.05) is 11.1 Å². The summed E-state index contributed by atoms with van der Waals surface area (Å²) in [5.41, 5.74) is 2.24. The first-order valence-corrected chi connectivity index (χ1v) is 7.78. The summed E-state index contributed by atoms with van der Waals surface area (Å²) < 4.78 is 5.43. The molecule has 0 unspecified atom stereocenters. The molecule has 0 fully saturated rings. The van der Waals surface area contributed by atoms with Crippen molar-refractivity contribution in [3.8, 4) is 0 Å². The molecule has 0 aromatic heterocycles. The van der Waals surface area contributed by atoms with E-state index in [0.717, 1.165) is 16.8 Å². The number of carbonyl (C=O) groups excluding carboxylic acids is 1. The van der Waals surface area contributed by atoms with E-state index >= 15 is 0 Å². The van der Waals surface area contributed by atoms with Crippen molar-refractivity contribution in [2.45, 2.75) is 39.3 Å². The fourth-order valence-electron chi connectivity index (χ4n) is 2.14. The van der Waals surface area contributed by atoms with Gasteiger partial charge in [-0.2, -0.15) is 0 Å². The molecule has 0 aliphatic rings. The second kappa shape index (κ2) is 7.23. The molecular formula is C20H23NO2. The fraction of sp³-hybridized carbons (Fsp3) is 0.300. The molecule has 2 aromatic rings. The van der Waals surface area contributed by atoms with Crippen LogP contribution < -0.4 is 0 Å². The number of nitrogens with zero attached hydrogens (tertiary/aromatic N) is 1. The van der Waals surface area contributed by atoms with Gasteiger partial charge in [-0.1, -0.05) is 60.7 Å². The zero-order chi connectivity index (χ0) is 16.9. The van der Waals surface area contributed by atoms with Crippen molar-refractivity contribution in [1.29, 1.82) is 0 Å². The third kappa shape index (κ3) is 5.06. The number of hydrogen-bond donors (Lipinski definition) is 0. The minimum absolute atomic E-state index is 0.318. The monoisotopic (exact) mass is 309 g/mol. The fourth-order valence-corrected chi connectivity index (χ4v) is 2.14. The maximum Gasteiger partial charge on any atom is 0.331 e. The number of aliphatic imine (C=N–C) groups is 1.